The van der Waals surface area contributed by atoms with E-state index in [4.69, 9.17) is 4.74 Å². The summed E-state index contributed by atoms with van der Waals surface area (Å²) in [7, 11) is -1.39. The molecule has 0 radical (unpaired) electrons. The molecule has 0 aliphatic carbocycles. The number of fused-ring (bicyclic) bond motifs is 1. The first-order valence-corrected chi connectivity index (χ1v) is 9.84. The minimum absolute atomic E-state index is 0.199. The summed E-state index contributed by atoms with van der Waals surface area (Å²) in [6.45, 7) is 11.5. The number of hydrogen-bond acceptors (Lipinski definition) is 3. The van der Waals surface area contributed by atoms with E-state index < -0.39 is 8.07 Å². The van der Waals surface area contributed by atoms with E-state index in [2.05, 4.69) is 48.2 Å². The average Bonchev–Trinajstić information content (AvgIpc) is 2.67. The predicted octanol–water partition coefficient (Wildman–Crippen LogP) is 2.36. The maximum absolute atomic E-state index is 5.59. The van der Waals surface area contributed by atoms with Crippen molar-refractivity contribution in [3.8, 4) is 0 Å². The van der Waals surface area contributed by atoms with Crippen molar-refractivity contribution in [3.63, 3.8) is 0 Å². The Kier molecular flexibility index (Phi) is 3.54. The Morgan fingerprint density at radius 3 is 2.61 bits per heavy atom. The van der Waals surface area contributed by atoms with Crippen LogP contribution in [0.5, 0.6) is 0 Å². The van der Waals surface area contributed by atoms with Gasteiger partial charge in [-0.2, -0.15) is 0 Å². The molecule has 18 heavy (non-hydrogen) atoms. The van der Waals surface area contributed by atoms with Gasteiger partial charge >= 0.3 is 0 Å². The lowest BCUT2D eigenvalue weighted by atomic mass is 10.3. The van der Waals surface area contributed by atoms with Gasteiger partial charge < -0.3 is 4.74 Å². The third kappa shape index (κ3) is 2.62. The van der Waals surface area contributed by atoms with E-state index in [0.717, 1.165) is 11.0 Å². The molecule has 0 fully saturated rings. The highest BCUT2D eigenvalue weighted by Gasteiger charge is 2.21. The molecule has 0 aliphatic heterocycles. The predicted molar refractivity (Wildman–Crippen MR) is 76.7 cm³/mol. The first kappa shape index (κ1) is 13.2. The molecular weight excluding hydrogens is 242 g/mol. The number of hydrogen-bond donors (Lipinski definition) is 0. The van der Waals surface area contributed by atoms with Gasteiger partial charge in [-0.25, -0.2) is 4.68 Å². The molecule has 0 spiro atoms. The Morgan fingerprint density at radius 2 is 2.00 bits per heavy atom. The SMILES string of the molecule is CC(C)OCn1nnc2c([Si](C)(C)C)cccc21. The molecule has 0 unspecified atom stereocenters. The third-order valence-electron chi connectivity index (χ3n) is 2.88. The fourth-order valence-electron chi connectivity index (χ4n) is 1.91. The van der Waals surface area contributed by atoms with Gasteiger partial charge in [0.15, 0.2) is 0 Å². The van der Waals surface area contributed by atoms with Crippen molar-refractivity contribution < 1.29 is 4.74 Å². The van der Waals surface area contributed by atoms with Crippen LogP contribution in [0.3, 0.4) is 0 Å². The minimum atomic E-state index is -1.39. The van der Waals surface area contributed by atoms with Gasteiger partial charge in [-0.05, 0) is 25.1 Å². The normalized spacial score (nSPS) is 12.6. The molecule has 0 amide bonds. The topological polar surface area (TPSA) is 39.9 Å². The molecule has 0 saturated heterocycles. The summed E-state index contributed by atoms with van der Waals surface area (Å²) >= 11 is 0. The van der Waals surface area contributed by atoms with E-state index in [1.165, 1.54) is 5.19 Å². The van der Waals surface area contributed by atoms with E-state index in [1.54, 1.807) is 0 Å². The average molecular weight is 263 g/mol. The lowest BCUT2D eigenvalue weighted by molar-refractivity contribution is 0.0235. The molecule has 2 rings (SSSR count). The zero-order valence-corrected chi connectivity index (χ0v) is 12.8. The molecule has 5 heteroatoms. The standard InChI is InChI=1S/C13H21N3OSi/c1-10(2)17-9-16-11-7-6-8-12(18(3,4)5)13(11)14-15-16/h6-8,10H,9H2,1-5H3. The lowest BCUT2D eigenvalue weighted by Gasteiger charge is -2.16. The number of rotatable bonds is 4. The molecule has 0 atom stereocenters. The molecule has 4 nitrogen and oxygen atoms in total. The largest absolute Gasteiger partial charge is 0.357 e. The van der Waals surface area contributed by atoms with Crippen LogP contribution in [0.4, 0.5) is 0 Å². The Balaban J connectivity index is 2.42. The fraction of sp³-hybridized carbons (Fsp3) is 0.538. The second-order valence-electron chi connectivity index (χ2n) is 5.86. The zero-order valence-electron chi connectivity index (χ0n) is 11.8. The first-order chi connectivity index (χ1) is 8.39. The van der Waals surface area contributed by atoms with E-state index in [9.17, 15) is 0 Å². The van der Waals surface area contributed by atoms with Crippen LogP contribution in [0, 0.1) is 0 Å². The molecule has 2 aromatic rings. The molecular formula is C13H21N3OSi. The maximum atomic E-state index is 5.59. The Morgan fingerprint density at radius 1 is 1.28 bits per heavy atom. The van der Waals surface area contributed by atoms with Crippen molar-refractivity contribution in [2.24, 2.45) is 0 Å². The van der Waals surface area contributed by atoms with Gasteiger partial charge in [-0.3, -0.25) is 0 Å². The molecule has 0 bridgehead atoms. The van der Waals surface area contributed by atoms with E-state index >= 15 is 0 Å². The number of nitrogens with zero attached hydrogens (tertiary/aromatic N) is 3. The third-order valence-corrected chi connectivity index (χ3v) is 4.90. The van der Waals surface area contributed by atoms with E-state index in [0.29, 0.717) is 6.73 Å². The van der Waals surface area contributed by atoms with Crippen LogP contribution in [-0.2, 0) is 11.5 Å². The van der Waals surface area contributed by atoms with E-state index in [-0.39, 0.29) is 6.10 Å². The van der Waals surface area contributed by atoms with Crippen LogP contribution in [0.25, 0.3) is 11.0 Å². The van der Waals surface area contributed by atoms with Gasteiger partial charge in [0.25, 0.3) is 0 Å². The summed E-state index contributed by atoms with van der Waals surface area (Å²) in [6.07, 6.45) is 0.199. The highest BCUT2D eigenvalue weighted by molar-refractivity contribution is 6.90. The van der Waals surface area contributed by atoms with Gasteiger partial charge in [0.1, 0.15) is 12.2 Å². The van der Waals surface area contributed by atoms with Crippen molar-refractivity contribution in [2.45, 2.75) is 46.3 Å². The smallest absolute Gasteiger partial charge is 0.142 e. The van der Waals surface area contributed by atoms with Crippen LogP contribution in [0.2, 0.25) is 19.6 Å². The molecule has 1 heterocycles. The molecule has 98 valence electrons. The highest BCUT2D eigenvalue weighted by Crippen LogP contribution is 2.13. The summed E-state index contributed by atoms with van der Waals surface area (Å²) in [5.74, 6) is 0. The summed E-state index contributed by atoms with van der Waals surface area (Å²) in [4.78, 5) is 0. The van der Waals surface area contributed by atoms with Crippen LogP contribution >= 0.6 is 0 Å². The number of ether oxygens (including phenoxy) is 1. The highest BCUT2D eigenvalue weighted by atomic mass is 28.3. The van der Waals surface area contributed by atoms with Crippen LogP contribution in [0.1, 0.15) is 13.8 Å². The minimum Gasteiger partial charge on any atom is -0.357 e. The summed E-state index contributed by atoms with van der Waals surface area (Å²) in [5, 5.41) is 9.89. The van der Waals surface area contributed by atoms with Gasteiger partial charge in [-0.15, -0.1) is 5.10 Å². The monoisotopic (exact) mass is 263 g/mol. The van der Waals surface area contributed by atoms with Crippen molar-refractivity contribution in [3.05, 3.63) is 18.2 Å². The summed E-state index contributed by atoms with van der Waals surface area (Å²) in [5.41, 5.74) is 2.10. The quantitative estimate of drug-likeness (QED) is 0.795. The molecule has 0 aliphatic rings. The molecule has 0 saturated carbocycles. The van der Waals surface area contributed by atoms with Gasteiger partial charge in [-0.1, -0.05) is 37.0 Å². The van der Waals surface area contributed by atoms with Crippen molar-refractivity contribution in [1.29, 1.82) is 0 Å². The van der Waals surface area contributed by atoms with Crippen molar-refractivity contribution in [1.82, 2.24) is 15.0 Å². The van der Waals surface area contributed by atoms with Crippen LogP contribution in [0.15, 0.2) is 18.2 Å². The van der Waals surface area contributed by atoms with Gasteiger partial charge in [0, 0.05) is 0 Å². The summed E-state index contributed by atoms with van der Waals surface area (Å²) in [6, 6.07) is 6.32. The van der Waals surface area contributed by atoms with Crippen molar-refractivity contribution >= 4 is 24.3 Å². The molecule has 0 N–H and O–H groups in total. The summed E-state index contributed by atoms with van der Waals surface area (Å²) < 4.78 is 7.42. The Hall–Kier alpha value is -1.20. The number of aromatic nitrogens is 3. The Labute approximate surface area is 109 Å². The molecule has 1 aromatic carbocycles. The van der Waals surface area contributed by atoms with Crippen molar-refractivity contribution in [2.75, 3.05) is 0 Å². The van der Waals surface area contributed by atoms with Crippen LogP contribution in [-0.4, -0.2) is 29.2 Å². The molecule has 1 aromatic heterocycles. The second-order valence-corrected chi connectivity index (χ2v) is 10.9. The number of benzene rings is 1. The maximum Gasteiger partial charge on any atom is 0.142 e. The Bertz CT molecular complexity index is 543. The second kappa shape index (κ2) is 4.82. The lowest BCUT2D eigenvalue weighted by Crippen LogP contribution is -2.38. The van der Waals surface area contributed by atoms with E-state index in [1.807, 2.05) is 18.5 Å². The first-order valence-electron chi connectivity index (χ1n) is 6.34. The zero-order chi connectivity index (χ0) is 13.3. The van der Waals surface area contributed by atoms with Gasteiger partial charge in [0.2, 0.25) is 0 Å². The fourth-order valence-corrected chi connectivity index (χ4v) is 3.40. The van der Waals surface area contributed by atoms with Crippen LogP contribution < -0.4 is 5.19 Å². The van der Waals surface area contributed by atoms with Gasteiger partial charge in [0.05, 0.1) is 19.7 Å².